The third kappa shape index (κ3) is 6.32. The summed E-state index contributed by atoms with van der Waals surface area (Å²) in [5.41, 5.74) is -0.118. The SMILES string of the molecule is CCCCC(C)(C)[C@H](O)C=C[C@H]1CCC(=O)N1CCSc1nc(C(=O)O)cs1. The molecular formula is C20H30N2O4S2. The van der Waals surface area contributed by atoms with Crippen molar-refractivity contribution in [3.8, 4) is 0 Å². The highest BCUT2D eigenvalue weighted by atomic mass is 32.2. The molecule has 0 radical (unpaired) electrons. The predicted octanol–water partition coefficient (Wildman–Crippen LogP) is 4.06. The van der Waals surface area contributed by atoms with E-state index in [4.69, 9.17) is 5.11 Å². The summed E-state index contributed by atoms with van der Waals surface area (Å²) in [6.07, 6.45) is 7.73. The van der Waals surface area contributed by atoms with E-state index in [2.05, 4.69) is 25.8 Å². The first-order valence-electron chi connectivity index (χ1n) is 9.72. The summed E-state index contributed by atoms with van der Waals surface area (Å²) >= 11 is 2.77. The minimum atomic E-state index is -1.02. The second-order valence-corrected chi connectivity index (χ2v) is 9.97. The van der Waals surface area contributed by atoms with Gasteiger partial charge in [-0.2, -0.15) is 0 Å². The number of carbonyl (C=O) groups excluding carboxylic acids is 1. The smallest absolute Gasteiger partial charge is 0.355 e. The largest absolute Gasteiger partial charge is 0.476 e. The fourth-order valence-electron chi connectivity index (χ4n) is 3.17. The van der Waals surface area contributed by atoms with E-state index in [1.807, 2.05) is 17.1 Å². The zero-order chi connectivity index (χ0) is 20.7. The highest BCUT2D eigenvalue weighted by molar-refractivity contribution is 8.01. The number of aromatic carboxylic acids is 1. The molecule has 2 rings (SSSR count). The molecule has 0 aliphatic carbocycles. The molecule has 1 aliphatic rings. The van der Waals surface area contributed by atoms with E-state index < -0.39 is 12.1 Å². The van der Waals surface area contributed by atoms with Crippen LogP contribution in [0.1, 0.15) is 63.4 Å². The Morgan fingerprint density at radius 1 is 1.54 bits per heavy atom. The molecule has 0 spiro atoms. The minimum Gasteiger partial charge on any atom is -0.476 e. The van der Waals surface area contributed by atoms with Gasteiger partial charge in [0.25, 0.3) is 0 Å². The van der Waals surface area contributed by atoms with E-state index in [9.17, 15) is 14.7 Å². The molecule has 1 aliphatic heterocycles. The van der Waals surface area contributed by atoms with Crippen LogP contribution in [0.15, 0.2) is 21.9 Å². The molecule has 1 saturated heterocycles. The number of hydrogen-bond acceptors (Lipinski definition) is 6. The van der Waals surface area contributed by atoms with E-state index in [1.165, 1.54) is 28.5 Å². The Balaban J connectivity index is 1.88. The van der Waals surface area contributed by atoms with Crippen LogP contribution in [0, 0.1) is 5.41 Å². The molecule has 1 fully saturated rings. The molecular weight excluding hydrogens is 396 g/mol. The third-order valence-corrected chi connectivity index (χ3v) is 7.13. The molecule has 156 valence electrons. The van der Waals surface area contributed by atoms with Gasteiger partial charge in [-0.3, -0.25) is 4.79 Å². The van der Waals surface area contributed by atoms with Gasteiger partial charge in [-0.25, -0.2) is 9.78 Å². The van der Waals surface area contributed by atoms with Crippen molar-refractivity contribution in [2.45, 2.75) is 69.4 Å². The number of thiazole rings is 1. The summed E-state index contributed by atoms with van der Waals surface area (Å²) in [5, 5.41) is 21.0. The van der Waals surface area contributed by atoms with Gasteiger partial charge in [0.2, 0.25) is 5.91 Å². The summed E-state index contributed by atoms with van der Waals surface area (Å²) in [7, 11) is 0. The number of carboxylic acids is 1. The molecule has 2 atom stereocenters. The van der Waals surface area contributed by atoms with Crippen molar-refractivity contribution >= 4 is 35.0 Å². The Labute approximate surface area is 175 Å². The van der Waals surface area contributed by atoms with E-state index in [0.29, 0.717) is 23.1 Å². The van der Waals surface area contributed by atoms with Crippen molar-refractivity contribution < 1.29 is 19.8 Å². The van der Waals surface area contributed by atoms with Crippen LogP contribution >= 0.6 is 23.1 Å². The maximum Gasteiger partial charge on any atom is 0.355 e. The number of aliphatic hydroxyl groups is 1. The van der Waals surface area contributed by atoms with Gasteiger partial charge >= 0.3 is 5.97 Å². The van der Waals surface area contributed by atoms with Gasteiger partial charge in [-0.05, 0) is 18.3 Å². The van der Waals surface area contributed by atoms with Crippen molar-refractivity contribution in [1.29, 1.82) is 0 Å². The number of nitrogens with zero attached hydrogens (tertiary/aromatic N) is 2. The Bertz CT molecular complexity index is 702. The normalized spacial score (nSPS) is 18.9. The van der Waals surface area contributed by atoms with Gasteiger partial charge in [-0.15, -0.1) is 11.3 Å². The molecule has 0 aromatic carbocycles. The number of carboxylic acid groups (broad SMARTS) is 1. The number of rotatable bonds is 11. The molecule has 28 heavy (non-hydrogen) atoms. The molecule has 0 saturated carbocycles. The van der Waals surface area contributed by atoms with Crippen LogP contribution in [0.2, 0.25) is 0 Å². The van der Waals surface area contributed by atoms with Crippen LogP contribution in [0.4, 0.5) is 0 Å². The second-order valence-electron chi connectivity index (χ2n) is 7.77. The first kappa shape index (κ1) is 22.9. The summed E-state index contributed by atoms with van der Waals surface area (Å²) < 4.78 is 0.698. The minimum absolute atomic E-state index is 0.00982. The predicted molar refractivity (Wildman–Crippen MR) is 113 cm³/mol. The molecule has 6 nitrogen and oxygen atoms in total. The van der Waals surface area contributed by atoms with Gasteiger partial charge in [0.1, 0.15) is 0 Å². The summed E-state index contributed by atoms with van der Waals surface area (Å²) in [5.74, 6) is -0.239. The maximum absolute atomic E-state index is 12.2. The van der Waals surface area contributed by atoms with Crippen LogP contribution in [-0.4, -0.2) is 56.4 Å². The lowest BCUT2D eigenvalue weighted by Gasteiger charge is -2.29. The van der Waals surface area contributed by atoms with Crippen molar-refractivity contribution in [3.05, 3.63) is 23.2 Å². The lowest BCUT2D eigenvalue weighted by molar-refractivity contribution is -0.128. The highest BCUT2D eigenvalue weighted by Gasteiger charge is 2.30. The Kier molecular flexibility index (Phi) is 8.52. The number of carbonyl (C=O) groups is 2. The van der Waals surface area contributed by atoms with Crippen LogP contribution in [-0.2, 0) is 4.79 Å². The quantitative estimate of drug-likeness (QED) is 0.410. The first-order chi connectivity index (χ1) is 13.2. The van der Waals surface area contributed by atoms with Crippen LogP contribution in [0.25, 0.3) is 0 Å². The molecule has 8 heteroatoms. The standard InChI is InChI=1S/C20H30N2O4S2/c1-4-5-10-20(2,3)16(23)8-6-14-7-9-17(24)22(14)11-12-27-19-21-15(13-28-19)18(25)26/h6,8,13-14,16,23H,4-5,7,9-12H2,1-3H3,(H,25,26)/t14-,16+/m0/s1. The molecule has 0 bridgehead atoms. The molecule has 2 heterocycles. The van der Waals surface area contributed by atoms with Crippen LogP contribution < -0.4 is 0 Å². The Morgan fingerprint density at radius 2 is 2.29 bits per heavy atom. The number of amides is 1. The first-order valence-corrected chi connectivity index (χ1v) is 11.6. The van der Waals surface area contributed by atoms with Gasteiger partial charge in [0.15, 0.2) is 10.0 Å². The molecule has 1 amide bonds. The van der Waals surface area contributed by atoms with Gasteiger partial charge in [0, 0.05) is 24.1 Å². The number of unbranched alkanes of at least 4 members (excludes halogenated alkanes) is 1. The lowest BCUT2D eigenvalue weighted by atomic mass is 9.81. The number of aromatic nitrogens is 1. The fourth-order valence-corrected chi connectivity index (χ4v) is 4.98. The van der Waals surface area contributed by atoms with Gasteiger partial charge in [-0.1, -0.05) is 57.5 Å². The Hall–Kier alpha value is -1.38. The average Bonchev–Trinajstić information content (AvgIpc) is 3.26. The van der Waals surface area contributed by atoms with Crippen LogP contribution in [0.3, 0.4) is 0 Å². The maximum atomic E-state index is 12.2. The number of hydrogen-bond donors (Lipinski definition) is 2. The summed E-state index contributed by atoms with van der Waals surface area (Å²) in [6.45, 7) is 6.87. The number of likely N-dealkylation sites (tertiary alicyclic amines) is 1. The van der Waals surface area contributed by atoms with E-state index in [1.54, 1.807) is 0 Å². The lowest BCUT2D eigenvalue weighted by Crippen LogP contribution is -2.34. The van der Waals surface area contributed by atoms with Gasteiger partial charge in [0.05, 0.1) is 12.1 Å². The molecule has 2 N–H and O–H groups in total. The number of thioether (sulfide) groups is 1. The van der Waals surface area contributed by atoms with Crippen molar-refractivity contribution in [2.24, 2.45) is 5.41 Å². The van der Waals surface area contributed by atoms with Crippen LogP contribution in [0.5, 0.6) is 0 Å². The average molecular weight is 427 g/mol. The third-order valence-electron chi connectivity index (χ3n) is 5.13. The molecule has 1 aromatic rings. The van der Waals surface area contributed by atoms with Crippen molar-refractivity contribution in [1.82, 2.24) is 9.88 Å². The second kappa shape index (κ2) is 10.4. The fraction of sp³-hybridized carbons (Fsp3) is 0.650. The monoisotopic (exact) mass is 426 g/mol. The Morgan fingerprint density at radius 3 is 2.93 bits per heavy atom. The highest BCUT2D eigenvalue weighted by Crippen LogP contribution is 2.30. The molecule has 1 aromatic heterocycles. The topological polar surface area (TPSA) is 90.7 Å². The molecule has 0 unspecified atom stereocenters. The van der Waals surface area contributed by atoms with E-state index >= 15 is 0 Å². The van der Waals surface area contributed by atoms with Crippen molar-refractivity contribution in [3.63, 3.8) is 0 Å². The summed E-state index contributed by atoms with van der Waals surface area (Å²) in [6, 6.07) is 0.00982. The van der Waals surface area contributed by atoms with Crippen molar-refractivity contribution in [2.75, 3.05) is 12.3 Å². The van der Waals surface area contributed by atoms with E-state index in [0.717, 1.165) is 25.7 Å². The zero-order valence-electron chi connectivity index (χ0n) is 16.8. The van der Waals surface area contributed by atoms with E-state index in [-0.39, 0.29) is 23.1 Å². The number of aliphatic hydroxyl groups excluding tert-OH is 1. The summed E-state index contributed by atoms with van der Waals surface area (Å²) in [4.78, 5) is 29.0. The van der Waals surface area contributed by atoms with Gasteiger partial charge < -0.3 is 15.1 Å². The zero-order valence-corrected chi connectivity index (χ0v) is 18.4.